The second-order valence-electron chi connectivity index (χ2n) is 5.44. The monoisotopic (exact) mass is 286 g/mol. The molecule has 0 spiro atoms. The van der Waals surface area contributed by atoms with Gasteiger partial charge in [0, 0.05) is 13.1 Å². The predicted molar refractivity (Wildman–Crippen MR) is 80.6 cm³/mol. The lowest BCUT2D eigenvalue weighted by Crippen LogP contribution is -2.41. The number of esters is 1. The summed E-state index contributed by atoms with van der Waals surface area (Å²) in [5, 5.41) is 9.40. The molecule has 1 saturated heterocycles. The Kier molecular flexibility index (Phi) is 5.77. The first kappa shape index (κ1) is 15.5. The number of benzene rings is 1. The van der Waals surface area contributed by atoms with Gasteiger partial charge in [-0.2, -0.15) is 5.26 Å². The highest BCUT2D eigenvalue weighted by molar-refractivity contribution is 5.72. The third kappa shape index (κ3) is 4.30. The summed E-state index contributed by atoms with van der Waals surface area (Å²) in [7, 11) is 0. The molecule has 2 rings (SSSR count). The topological polar surface area (TPSA) is 53.3 Å². The molecular formula is C17H22N2O2. The Morgan fingerprint density at radius 3 is 2.90 bits per heavy atom. The molecule has 1 aromatic carbocycles. The van der Waals surface area contributed by atoms with E-state index in [9.17, 15) is 10.1 Å². The molecule has 2 atom stereocenters. The van der Waals surface area contributed by atoms with Crippen LogP contribution in [-0.4, -0.2) is 37.1 Å². The Labute approximate surface area is 126 Å². The fraction of sp³-hybridized carbons (Fsp3) is 0.529. The maximum Gasteiger partial charge on any atom is 0.310 e. The number of carbonyl (C=O) groups is 1. The van der Waals surface area contributed by atoms with Gasteiger partial charge in [-0.25, -0.2) is 0 Å². The molecule has 1 unspecified atom stereocenters. The van der Waals surface area contributed by atoms with Gasteiger partial charge in [-0.1, -0.05) is 30.3 Å². The van der Waals surface area contributed by atoms with Crippen molar-refractivity contribution in [2.75, 3.05) is 26.2 Å². The van der Waals surface area contributed by atoms with E-state index in [1.165, 1.54) is 0 Å². The number of likely N-dealkylation sites (tertiary alicyclic amines) is 1. The van der Waals surface area contributed by atoms with Gasteiger partial charge in [0.15, 0.2) is 0 Å². The highest BCUT2D eigenvalue weighted by atomic mass is 16.5. The molecule has 4 heteroatoms. The maximum atomic E-state index is 11.9. The summed E-state index contributed by atoms with van der Waals surface area (Å²) in [6, 6.07) is 12.2. The molecule has 1 heterocycles. The number of ether oxygens (including phenoxy) is 1. The molecule has 0 amide bonds. The van der Waals surface area contributed by atoms with Crippen LogP contribution in [0.15, 0.2) is 30.3 Å². The van der Waals surface area contributed by atoms with E-state index >= 15 is 0 Å². The van der Waals surface area contributed by atoms with E-state index in [1.54, 1.807) is 0 Å². The summed E-state index contributed by atoms with van der Waals surface area (Å²) in [4.78, 5) is 14.1. The zero-order valence-corrected chi connectivity index (χ0v) is 12.5. The predicted octanol–water partition coefficient (Wildman–Crippen LogP) is 2.57. The summed E-state index contributed by atoms with van der Waals surface area (Å²) in [5.74, 6) is -0.295. The summed E-state index contributed by atoms with van der Waals surface area (Å²) in [6.07, 6.45) is 1.87. The van der Waals surface area contributed by atoms with Crippen molar-refractivity contribution >= 4 is 5.97 Å². The van der Waals surface area contributed by atoms with Crippen molar-refractivity contribution in [2.24, 2.45) is 5.92 Å². The van der Waals surface area contributed by atoms with Crippen LogP contribution in [0.1, 0.15) is 31.2 Å². The van der Waals surface area contributed by atoms with E-state index in [4.69, 9.17) is 4.74 Å². The van der Waals surface area contributed by atoms with Crippen LogP contribution in [0.3, 0.4) is 0 Å². The second-order valence-corrected chi connectivity index (χ2v) is 5.44. The Morgan fingerprint density at radius 2 is 2.24 bits per heavy atom. The maximum absolute atomic E-state index is 11.9. The Morgan fingerprint density at radius 1 is 1.48 bits per heavy atom. The van der Waals surface area contributed by atoms with Crippen molar-refractivity contribution < 1.29 is 9.53 Å². The molecule has 0 aliphatic carbocycles. The smallest absolute Gasteiger partial charge is 0.310 e. The average molecular weight is 286 g/mol. The van der Waals surface area contributed by atoms with Gasteiger partial charge in [-0.15, -0.1) is 0 Å². The van der Waals surface area contributed by atoms with E-state index in [0.29, 0.717) is 19.7 Å². The Hall–Kier alpha value is -1.86. The Balaban J connectivity index is 1.95. The van der Waals surface area contributed by atoms with E-state index in [0.717, 1.165) is 24.9 Å². The molecule has 1 aromatic rings. The molecule has 0 saturated carbocycles. The summed E-state index contributed by atoms with van der Waals surface area (Å²) >= 11 is 0. The molecule has 21 heavy (non-hydrogen) atoms. The van der Waals surface area contributed by atoms with Crippen molar-refractivity contribution in [3.8, 4) is 6.07 Å². The van der Waals surface area contributed by atoms with Gasteiger partial charge in [-0.3, -0.25) is 4.79 Å². The average Bonchev–Trinajstić information content (AvgIpc) is 2.54. The van der Waals surface area contributed by atoms with Crippen LogP contribution in [0.2, 0.25) is 0 Å². The minimum absolute atomic E-state index is 0.0474. The molecule has 4 nitrogen and oxygen atoms in total. The fourth-order valence-corrected chi connectivity index (χ4v) is 2.84. The van der Waals surface area contributed by atoms with Crippen molar-refractivity contribution in [3.63, 3.8) is 0 Å². The zero-order chi connectivity index (χ0) is 15.1. The molecule has 0 radical (unpaired) electrons. The van der Waals surface area contributed by atoms with Gasteiger partial charge in [0.25, 0.3) is 0 Å². The molecule has 1 fully saturated rings. The third-order valence-electron chi connectivity index (χ3n) is 3.92. The fourth-order valence-electron chi connectivity index (χ4n) is 2.84. The van der Waals surface area contributed by atoms with Gasteiger partial charge in [0.05, 0.1) is 24.5 Å². The number of hydrogen-bond acceptors (Lipinski definition) is 4. The molecule has 0 bridgehead atoms. The third-order valence-corrected chi connectivity index (χ3v) is 3.92. The lowest BCUT2D eigenvalue weighted by Gasteiger charge is -2.32. The minimum atomic E-state index is -0.146. The number of piperidine rings is 1. The largest absolute Gasteiger partial charge is 0.466 e. The van der Waals surface area contributed by atoms with Crippen molar-refractivity contribution in [3.05, 3.63) is 35.9 Å². The van der Waals surface area contributed by atoms with Crippen LogP contribution in [-0.2, 0) is 9.53 Å². The number of carbonyl (C=O) groups excluding carboxylic acids is 1. The summed E-state index contributed by atoms with van der Waals surface area (Å²) in [5.41, 5.74) is 1.04. The number of hydrogen-bond donors (Lipinski definition) is 0. The first-order valence-corrected chi connectivity index (χ1v) is 7.58. The van der Waals surface area contributed by atoms with Gasteiger partial charge in [-0.05, 0) is 31.9 Å². The minimum Gasteiger partial charge on any atom is -0.466 e. The van der Waals surface area contributed by atoms with Crippen LogP contribution in [0.5, 0.6) is 0 Å². The molecule has 1 aliphatic heterocycles. The standard InChI is InChI=1S/C17H22N2O2/c1-2-21-17(20)15-9-6-10-19(12-15)13-16(11-18)14-7-4-3-5-8-14/h3-5,7-8,15-16H,2,6,9-10,12-13H2,1H3/t15-,16?/m0/s1. The first-order valence-electron chi connectivity index (χ1n) is 7.58. The lowest BCUT2D eigenvalue weighted by atomic mass is 9.95. The Bertz CT molecular complexity index is 495. The number of nitrogens with zero attached hydrogens (tertiary/aromatic N) is 2. The highest BCUT2D eigenvalue weighted by Crippen LogP contribution is 2.22. The second kappa shape index (κ2) is 7.80. The van der Waals surface area contributed by atoms with E-state index in [-0.39, 0.29) is 17.8 Å². The van der Waals surface area contributed by atoms with E-state index < -0.39 is 0 Å². The van der Waals surface area contributed by atoms with Crippen LogP contribution in [0, 0.1) is 17.2 Å². The van der Waals surface area contributed by atoms with Gasteiger partial charge in [0.1, 0.15) is 0 Å². The van der Waals surface area contributed by atoms with Gasteiger partial charge < -0.3 is 9.64 Å². The van der Waals surface area contributed by atoms with Crippen LogP contribution in [0.25, 0.3) is 0 Å². The van der Waals surface area contributed by atoms with Gasteiger partial charge in [0.2, 0.25) is 0 Å². The van der Waals surface area contributed by atoms with Crippen LogP contribution < -0.4 is 0 Å². The molecule has 112 valence electrons. The normalized spacial score (nSPS) is 20.5. The molecule has 1 aliphatic rings. The van der Waals surface area contributed by atoms with Crippen LogP contribution >= 0.6 is 0 Å². The quantitative estimate of drug-likeness (QED) is 0.781. The molecule has 0 N–H and O–H groups in total. The SMILES string of the molecule is CCOC(=O)[C@H]1CCCN(CC(C#N)c2ccccc2)C1. The lowest BCUT2D eigenvalue weighted by molar-refractivity contribution is -0.149. The number of rotatable bonds is 5. The van der Waals surface area contributed by atoms with E-state index in [1.807, 2.05) is 37.3 Å². The van der Waals surface area contributed by atoms with Crippen molar-refractivity contribution in [2.45, 2.75) is 25.7 Å². The van der Waals surface area contributed by atoms with Gasteiger partial charge >= 0.3 is 5.97 Å². The summed E-state index contributed by atoms with van der Waals surface area (Å²) in [6.45, 7) is 4.58. The van der Waals surface area contributed by atoms with Crippen LogP contribution in [0.4, 0.5) is 0 Å². The van der Waals surface area contributed by atoms with Crippen molar-refractivity contribution in [1.82, 2.24) is 4.90 Å². The zero-order valence-electron chi connectivity index (χ0n) is 12.5. The van der Waals surface area contributed by atoms with E-state index in [2.05, 4.69) is 11.0 Å². The van der Waals surface area contributed by atoms with Crippen molar-refractivity contribution in [1.29, 1.82) is 5.26 Å². The summed E-state index contributed by atoms with van der Waals surface area (Å²) < 4.78 is 5.12. The highest BCUT2D eigenvalue weighted by Gasteiger charge is 2.28. The molecular weight excluding hydrogens is 264 g/mol. The molecule has 0 aromatic heterocycles. The number of nitriles is 1. The first-order chi connectivity index (χ1) is 10.2.